The molecule has 0 radical (unpaired) electrons. The normalized spacial score (nSPS) is 12.1. The Labute approximate surface area is 109 Å². The van der Waals surface area contributed by atoms with E-state index in [-0.39, 0.29) is 0 Å². The Morgan fingerprint density at radius 3 is 2.58 bits per heavy atom. The molecule has 0 unspecified atom stereocenters. The molecule has 2 nitrogen and oxygen atoms in total. The number of hydrogen-bond donors (Lipinski definition) is 1. The molecule has 0 aliphatic carbocycles. The number of nitrogens with zero attached hydrogens (tertiary/aromatic N) is 1. The van der Waals surface area contributed by atoms with Crippen LogP contribution in [0, 0.1) is 6.92 Å². The van der Waals surface area contributed by atoms with Crippen molar-refractivity contribution < 1.29 is 13.2 Å². The van der Waals surface area contributed by atoms with Gasteiger partial charge in [-0.25, -0.2) is 0 Å². The van der Waals surface area contributed by atoms with Crippen LogP contribution in [0.1, 0.15) is 23.2 Å². The number of benzene rings is 1. The topological polar surface area (TPSA) is 38.9 Å². The molecule has 0 saturated carbocycles. The molecule has 2 N–H and O–H groups in total. The van der Waals surface area contributed by atoms with Crippen LogP contribution in [-0.4, -0.2) is 11.5 Å². The molecule has 5 heteroatoms. The van der Waals surface area contributed by atoms with E-state index in [2.05, 4.69) is 4.98 Å². The third kappa shape index (κ3) is 3.04. The van der Waals surface area contributed by atoms with Crippen molar-refractivity contribution in [2.75, 3.05) is 6.54 Å². The third-order valence-corrected chi connectivity index (χ3v) is 3.03. The van der Waals surface area contributed by atoms with E-state index in [1.165, 1.54) is 6.07 Å². The van der Waals surface area contributed by atoms with Crippen LogP contribution in [0.2, 0.25) is 0 Å². The van der Waals surface area contributed by atoms with Gasteiger partial charge in [0.25, 0.3) is 0 Å². The molecule has 0 spiro atoms. The molecule has 1 aromatic carbocycles. The van der Waals surface area contributed by atoms with E-state index in [9.17, 15) is 13.2 Å². The summed E-state index contributed by atoms with van der Waals surface area (Å²) in [5, 5.41) is 0.754. The fourth-order valence-electron chi connectivity index (χ4n) is 2.06. The van der Waals surface area contributed by atoms with Crippen molar-refractivity contribution in [3.63, 3.8) is 0 Å². The lowest BCUT2D eigenvalue weighted by Crippen LogP contribution is -2.05. The van der Waals surface area contributed by atoms with Crippen LogP contribution < -0.4 is 5.73 Å². The zero-order valence-corrected chi connectivity index (χ0v) is 10.6. The van der Waals surface area contributed by atoms with Gasteiger partial charge in [-0.1, -0.05) is 6.07 Å². The van der Waals surface area contributed by atoms with Crippen molar-refractivity contribution in [3.05, 3.63) is 41.1 Å². The first-order valence-corrected chi connectivity index (χ1v) is 6.09. The minimum Gasteiger partial charge on any atom is -0.330 e. The molecule has 2 aromatic rings. The first-order chi connectivity index (χ1) is 8.91. The molecular formula is C14H15F3N2. The molecule has 0 atom stereocenters. The summed E-state index contributed by atoms with van der Waals surface area (Å²) in [6.45, 7) is 2.42. The number of halogens is 3. The Morgan fingerprint density at radius 1 is 1.21 bits per heavy atom. The first kappa shape index (κ1) is 13.8. The van der Waals surface area contributed by atoms with Crippen molar-refractivity contribution in [2.45, 2.75) is 25.9 Å². The molecular weight excluding hydrogens is 253 g/mol. The van der Waals surface area contributed by atoms with Gasteiger partial charge in [0.15, 0.2) is 0 Å². The molecule has 0 amide bonds. The minimum absolute atomic E-state index is 0.391. The Morgan fingerprint density at radius 2 is 1.95 bits per heavy atom. The maximum Gasteiger partial charge on any atom is 0.416 e. The molecule has 0 aliphatic rings. The Hall–Kier alpha value is -1.62. The lowest BCUT2D eigenvalue weighted by Gasteiger charge is -2.10. The summed E-state index contributed by atoms with van der Waals surface area (Å²) in [6, 6.07) is 5.59. The van der Waals surface area contributed by atoms with Crippen molar-refractivity contribution in [3.8, 4) is 0 Å². The van der Waals surface area contributed by atoms with Gasteiger partial charge in [-0.3, -0.25) is 4.98 Å². The quantitative estimate of drug-likeness (QED) is 0.926. The van der Waals surface area contributed by atoms with E-state index >= 15 is 0 Å². The van der Waals surface area contributed by atoms with Crippen LogP contribution in [0.25, 0.3) is 10.9 Å². The largest absolute Gasteiger partial charge is 0.416 e. The lowest BCUT2D eigenvalue weighted by atomic mass is 10.0. The number of aromatic nitrogens is 1. The lowest BCUT2D eigenvalue weighted by molar-refractivity contribution is -0.137. The predicted octanol–water partition coefficient (Wildman–Crippen LogP) is 3.45. The SMILES string of the molecule is Cc1cc(CCCN)nc2cc(C(F)(F)F)ccc12. The Bertz CT molecular complexity index is 591. The van der Waals surface area contributed by atoms with Crippen molar-refractivity contribution in [2.24, 2.45) is 5.73 Å². The van der Waals surface area contributed by atoms with Crippen molar-refractivity contribution in [1.82, 2.24) is 4.98 Å². The highest BCUT2D eigenvalue weighted by molar-refractivity contribution is 5.83. The molecule has 0 saturated heterocycles. The maximum absolute atomic E-state index is 12.7. The minimum atomic E-state index is -4.34. The van der Waals surface area contributed by atoms with Gasteiger partial charge >= 0.3 is 6.18 Å². The van der Waals surface area contributed by atoms with Crippen LogP contribution >= 0.6 is 0 Å². The smallest absolute Gasteiger partial charge is 0.330 e. The number of hydrogen-bond acceptors (Lipinski definition) is 2. The second-order valence-electron chi connectivity index (χ2n) is 4.55. The first-order valence-electron chi connectivity index (χ1n) is 6.09. The summed E-state index contributed by atoms with van der Waals surface area (Å²) >= 11 is 0. The molecule has 2 rings (SSSR count). The van der Waals surface area contributed by atoms with Crippen LogP contribution in [0.5, 0.6) is 0 Å². The molecule has 0 fully saturated rings. The zero-order chi connectivity index (χ0) is 14.0. The highest BCUT2D eigenvalue weighted by Crippen LogP contribution is 2.31. The van der Waals surface area contributed by atoms with Gasteiger partial charge in [0.1, 0.15) is 0 Å². The Balaban J connectivity index is 2.50. The number of pyridine rings is 1. The average molecular weight is 268 g/mol. The predicted molar refractivity (Wildman–Crippen MR) is 68.9 cm³/mol. The van der Waals surface area contributed by atoms with Gasteiger partial charge in [0.2, 0.25) is 0 Å². The van der Waals surface area contributed by atoms with Crippen molar-refractivity contribution >= 4 is 10.9 Å². The fraction of sp³-hybridized carbons (Fsp3) is 0.357. The third-order valence-electron chi connectivity index (χ3n) is 3.03. The summed E-state index contributed by atoms with van der Waals surface area (Å²) in [4.78, 5) is 4.29. The molecule has 0 bridgehead atoms. The van der Waals surface area contributed by atoms with E-state index in [1.807, 2.05) is 13.0 Å². The molecule has 1 aromatic heterocycles. The van der Waals surface area contributed by atoms with Gasteiger partial charge < -0.3 is 5.73 Å². The van der Waals surface area contributed by atoms with E-state index < -0.39 is 11.7 Å². The Kier molecular flexibility index (Phi) is 3.75. The second-order valence-corrected chi connectivity index (χ2v) is 4.55. The summed E-state index contributed by atoms with van der Waals surface area (Å²) in [7, 11) is 0. The number of rotatable bonds is 3. The standard InChI is InChI=1S/C14H15F3N2/c1-9-7-11(3-2-6-18)19-13-8-10(14(15,16)17)4-5-12(9)13/h4-5,7-8H,2-3,6,18H2,1H3. The van der Waals surface area contributed by atoms with Crippen LogP contribution in [0.4, 0.5) is 13.2 Å². The van der Waals surface area contributed by atoms with Crippen LogP contribution in [0.15, 0.2) is 24.3 Å². The number of aryl methyl sites for hydroxylation is 2. The summed E-state index contributed by atoms with van der Waals surface area (Å²) < 4.78 is 38.0. The number of alkyl halides is 3. The van der Waals surface area contributed by atoms with Crippen molar-refractivity contribution in [1.29, 1.82) is 0 Å². The fourth-order valence-corrected chi connectivity index (χ4v) is 2.06. The van der Waals surface area contributed by atoms with Gasteiger partial charge in [-0.2, -0.15) is 13.2 Å². The summed E-state index contributed by atoms with van der Waals surface area (Å²) in [6.07, 6.45) is -2.88. The van der Waals surface area contributed by atoms with E-state index in [0.717, 1.165) is 35.2 Å². The maximum atomic E-state index is 12.7. The van der Waals surface area contributed by atoms with Gasteiger partial charge in [-0.05, 0) is 50.1 Å². The zero-order valence-electron chi connectivity index (χ0n) is 10.6. The van der Waals surface area contributed by atoms with E-state index in [1.54, 1.807) is 0 Å². The number of nitrogens with two attached hydrogens (primary N) is 1. The molecule has 102 valence electrons. The molecule has 1 heterocycles. The molecule has 0 aliphatic heterocycles. The average Bonchev–Trinajstić information content (AvgIpc) is 2.34. The van der Waals surface area contributed by atoms with Crippen LogP contribution in [-0.2, 0) is 12.6 Å². The summed E-state index contributed by atoms with van der Waals surface area (Å²) in [5.41, 5.74) is 6.88. The number of fused-ring (bicyclic) bond motifs is 1. The van der Waals surface area contributed by atoms with Crippen LogP contribution in [0.3, 0.4) is 0 Å². The van der Waals surface area contributed by atoms with Gasteiger partial charge in [0, 0.05) is 11.1 Å². The van der Waals surface area contributed by atoms with E-state index in [4.69, 9.17) is 5.73 Å². The molecule has 19 heavy (non-hydrogen) atoms. The van der Waals surface area contributed by atoms with Gasteiger partial charge in [0.05, 0.1) is 11.1 Å². The second kappa shape index (κ2) is 5.17. The summed E-state index contributed by atoms with van der Waals surface area (Å²) in [5.74, 6) is 0. The van der Waals surface area contributed by atoms with Gasteiger partial charge in [-0.15, -0.1) is 0 Å². The van der Waals surface area contributed by atoms with E-state index in [0.29, 0.717) is 18.5 Å². The monoisotopic (exact) mass is 268 g/mol. The highest BCUT2D eigenvalue weighted by atomic mass is 19.4. The highest BCUT2D eigenvalue weighted by Gasteiger charge is 2.30.